The molecule has 5 heteroatoms. The molecule has 16 heavy (non-hydrogen) atoms. The molecule has 1 fully saturated rings. The van der Waals surface area contributed by atoms with Gasteiger partial charge in [-0.25, -0.2) is 0 Å². The van der Waals surface area contributed by atoms with Crippen LogP contribution in [0.1, 0.15) is 20.7 Å². The Morgan fingerprint density at radius 3 is 2.19 bits per heavy atom. The van der Waals surface area contributed by atoms with Gasteiger partial charge < -0.3 is 4.74 Å². The molecule has 2 heterocycles. The van der Waals surface area contributed by atoms with Gasteiger partial charge in [0.1, 0.15) is 0 Å². The molecule has 0 bridgehead atoms. The first-order valence-electron chi connectivity index (χ1n) is 5.20. The second-order valence-electron chi connectivity index (χ2n) is 4.48. The maximum absolute atomic E-state index is 12.0. The van der Waals surface area contributed by atoms with Crippen molar-refractivity contribution in [2.24, 2.45) is 0 Å². The third-order valence-electron chi connectivity index (χ3n) is 3.01. The smallest absolute Gasteiger partial charge is 0.261 e. The molecule has 0 radical (unpaired) electrons. The lowest BCUT2D eigenvalue weighted by Gasteiger charge is -2.16. The summed E-state index contributed by atoms with van der Waals surface area (Å²) in [5, 5.41) is -0.187. The Balaban J connectivity index is 1.95. The molecule has 2 aliphatic heterocycles. The van der Waals surface area contributed by atoms with Crippen molar-refractivity contribution >= 4 is 22.1 Å². The average Bonchev–Trinajstić information content (AvgIpc) is 2.97. The number of carbonyl (C=O) groups excluding carboxylic acids is 2. The molecular formula is C11H11NO3Si. The number of ether oxygens (including phenoxy) is 1. The molecule has 1 aromatic rings. The van der Waals surface area contributed by atoms with E-state index in [4.69, 9.17) is 4.74 Å². The Labute approximate surface area is 95.6 Å². The standard InChI is InChI=1S/C11H11NO3Si/c13-9-7-3-1-2-4-8(7)10(14)12(9)5-11(16)6-15-11/h1-4H,5-6H2,16H3. The number of hydrogen-bond donors (Lipinski definition) is 0. The molecule has 1 saturated heterocycles. The minimum absolute atomic E-state index is 0.187. The summed E-state index contributed by atoms with van der Waals surface area (Å²) in [6.45, 7) is 1.08. The Bertz CT molecular complexity index is 461. The zero-order chi connectivity index (χ0) is 11.3. The number of imide groups is 1. The number of benzene rings is 1. The zero-order valence-electron chi connectivity index (χ0n) is 8.90. The van der Waals surface area contributed by atoms with Crippen molar-refractivity contribution in [3.8, 4) is 0 Å². The highest BCUT2D eigenvalue weighted by Crippen LogP contribution is 2.29. The van der Waals surface area contributed by atoms with Gasteiger partial charge in [-0.1, -0.05) is 12.1 Å². The lowest BCUT2D eigenvalue weighted by Crippen LogP contribution is -2.39. The van der Waals surface area contributed by atoms with E-state index in [0.29, 0.717) is 24.3 Å². The van der Waals surface area contributed by atoms with Crippen molar-refractivity contribution < 1.29 is 14.3 Å². The number of amides is 2. The largest absolute Gasteiger partial charge is 0.373 e. The fourth-order valence-corrected chi connectivity index (χ4v) is 2.39. The Morgan fingerprint density at radius 1 is 1.25 bits per heavy atom. The first-order valence-corrected chi connectivity index (χ1v) is 6.20. The number of carbonyl (C=O) groups is 2. The zero-order valence-corrected chi connectivity index (χ0v) is 10.9. The van der Waals surface area contributed by atoms with Crippen LogP contribution in [0.5, 0.6) is 0 Å². The van der Waals surface area contributed by atoms with Crippen LogP contribution in [0.2, 0.25) is 0 Å². The van der Waals surface area contributed by atoms with Crippen molar-refractivity contribution in [3.63, 3.8) is 0 Å². The van der Waals surface area contributed by atoms with Crippen molar-refractivity contribution in [2.45, 2.75) is 5.22 Å². The molecule has 1 atom stereocenters. The molecule has 4 nitrogen and oxygen atoms in total. The van der Waals surface area contributed by atoms with Gasteiger partial charge in [-0.3, -0.25) is 14.5 Å². The van der Waals surface area contributed by atoms with Gasteiger partial charge in [0, 0.05) is 10.2 Å². The van der Waals surface area contributed by atoms with E-state index < -0.39 is 0 Å². The van der Waals surface area contributed by atoms with Crippen LogP contribution in [0.4, 0.5) is 0 Å². The Morgan fingerprint density at radius 2 is 1.75 bits per heavy atom. The summed E-state index contributed by atoms with van der Waals surface area (Å²) in [5.74, 6) is -0.377. The van der Waals surface area contributed by atoms with Gasteiger partial charge in [0.15, 0.2) is 0 Å². The third-order valence-corrected chi connectivity index (χ3v) is 3.90. The molecule has 2 aliphatic rings. The number of epoxide rings is 1. The Hall–Kier alpha value is -1.46. The van der Waals surface area contributed by atoms with E-state index in [1.165, 1.54) is 4.90 Å². The lowest BCUT2D eigenvalue weighted by molar-refractivity contribution is 0.0633. The highest BCUT2D eigenvalue weighted by molar-refractivity contribution is 6.22. The predicted molar refractivity (Wildman–Crippen MR) is 60.4 cm³/mol. The fourth-order valence-electron chi connectivity index (χ4n) is 1.93. The van der Waals surface area contributed by atoms with Crippen LogP contribution in [-0.4, -0.2) is 45.3 Å². The summed E-state index contributed by atoms with van der Waals surface area (Å²) in [5.41, 5.74) is 1.02. The number of nitrogens with zero attached hydrogens (tertiary/aromatic N) is 1. The maximum Gasteiger partial charge on any atom is 0.261 e. The summed E-state index contributed by atoms with van der Waals surface area (Å²) in [6, 6.07) is 6.95. The molecular weight excluding hydrogens is 222 g/mol. The van der Waals surface area contributed by atoms with Crippen LogP contribution in [-0.2, 0) is 4.74 Å². The highest BCUT2D eigenvalue weighted by atomic mass is 28.1. The van der Waals surface area contributed by atoms with Crippen LogP contribution >= 0.6 is 0 Å². The summed E-state index contributed by atoms with van der Waals surface area (Å²) >= 11 is 0. The van der Waals surface area contributed by atoms with Crippen LogP contribution in [0.3, 0.4) is 0 Å². The fraction of sp³-hybridized carbons (Fsp3) is 0.273. The first kappa shape index (κ1) is 9.74. The van der Waals surface area contributed by atoms with Crippen LogP contribution < -0.4 is 0 Å². The van der Waals surface area contributed by atoms with E-state index in [-0.39, 0.29) is 17.0 Å². The molecule has 82 valence electrons. The van der Waals surface area contributed by atoms with Crippen molar-refractivity contribution in [2.75, 3.05) is 13.2 Å². The van der Waals surface area contributed by atoms with E-state index in [1.54, 1.807) is 24.3 Å². The first-order chi connectivity index (χ1) is 7.61. The number of hydrogen-bond acceptors (Lipinski definition) is 3. The molecule has 0 spiro atoms. The summed E-state index contributed by atoms with van der Waals surface area (Å²) < 4.78 is 5.27. The summed E-state index contributed by atoms with van der Waals surface area (Å²) in [4.78, 5) is 25.3. The van der Waals surface area contributed by atoms with Crippen molar-refractivity contribution in [1.29, 1.82) is 0 Å². The second-order valence-corrected chi connectivity index (χ2v) is 6.30. The van der Waals surface area contributed by atoms with Crippen LogP contribution in [0.15, 0.2) is 24.3 Å². The molecule has 0 aliphatic carbocycles. The molecule has 2 amide bonds. The molecule has 1 unspecified atom stereocenters. The monoisotopic (exact) mass is 233 g/mol. The molecule has 0 saturated carbocycles. The highest BCUT2D eigenvalue weighted by Gasteiger charge is 2.46. The minimum atomic E-state index is -0.189. The molecule has 1 aromatic carbocycles. The van der Waals surface area contributed by atoms with E-state index >= 15 is 0 Å². The number of rotatable bonds is 2. The molecule has 0 aromatic heterocycles. The SMILES string of the molecule is O=C1c2ccccc2C(=O)N1CC1([SiH3])CO1. The summed E-state index contributed by atoms with van der Waals surface area (Å²) in [6.07, 6.45) is 0. The van der Waals surface area contributed by atoms with Crippen LogP contribution in [0.25, 0.3) is 0 Å². The second kappa shape index (κ2) is 3.02. The molecule has 0 N–H and O–H groups in total. The van der Waals surface area contributed by atoms with Gasteiger partial charge in [0.2, 0.25) is 0 Å². The van der Waals surface area contributed by atoms with Gasteiger partial charge in [-0.05, 0) is 12.1 Å². The van der Waals surface area contributed by atoms with E-state index in [2.05, 4.69) is 0 Å². The van der Waals surface area contributed by atoms with Gasteiger partial charge in [-0.2, -0.15) is 0 Å². The van der Waals surface area contributed by atoms with Gasteiger partial charge >= 0.3 is 0 Å². The van der Waals surface area contributed by atoms with Gasteiger partial charge in [-0.15, -0.1) is 0 Å². The van der Waals surface area contributed by atoms with E-state index in [1.807, 2.05) is 0 Å². The topological polar surface area (TPSA) is 49.9 Å². The third kappa shape index (κ3) is 1.32. The quantitative estimate of drug-likeness (QED) is 0.388. The normalized spacial score (nSPS) is 27.4. The van der Waals surface area contributed by atoms with E-state index in [0.717, 1.165) is 10.2 Å². The van der Waals surface area contributed by atoms with E-state index in [9.17, 15) is 9.59 Å². The van der Waals surface area contributed by atoms with Crippen LogP contribution in [0, 0.1) is 0 Å². The lowest BCUT2D eigenvalue weighted by atomic mass is 10.1. The average molecular weight is 233 g/mol. The predicted octanol–water partition coefficient (Wildman–Crippen LogP) is -0.625. The van der Waals surface area contributed by atoms with Crippen molar-refractivity contribution in [3.05, 3.63) is 35.4 Å². The summed E-state index contributed by atoms with van der Waals surface area (Å²) in [7, 11) is 0.839. The Kier molecular flexibility index (Phi) is 1.84. The minimum Gasteiger partial charge on any atom is -0.373 e. The van der Waals surface area contributed by atoms with Gasteiger partial charge in [0.05, 0.1) is 29.5 Å². The maximum atomic E-state index is 12.0. The number of fused-ring (bicyclic) bond motifs is 1. The molecule has 3 rings (SSSR count). The van der Waals surface area contributed by atoms with Crippen molar-refractivity contribution in [1.82, 2.24) is 4.90 Å². The van der Waals surface area contributed by atoms with Gasteiger partial charge in [0.25, 0.3) is 11.8 Å².